The average molecular weight is 905 g/mol. The van der Waals surface area contributed by atoms with Gasteiger partial charge in [0.15, 0.2) is 0 Å². The summed E-state index contributed by atoms with van der Waals surface area (Å²) < 4.78 is 2.32. The van der Waals surface area contributed by atoms with Gasteiger partial charge in [0.1, 0.15) is 13.1 Å². The van der Waals surface area contributed by atoms with Gasteiger partial charge in [-0.25, -0.2) is 0 Å². The fraction of sp³-hybridized carbons (Fsp3) is 0.333. The van der Waals surface area contributed by atoms with E-state index < -0.39 is 75.2 Å². The molecule has 0 radical (unpaired) electrons. The molecule has 0 aromatic heterocycles. The lowest BCUT2D eigenvalue weighted by Gasteiger charge is -2.46. The zero-order valence-corrected chi connectivity index (χ0v) is 34.3. The minimum Gasteiger partial charge on any atom is -0.863 e. The molecule has 3 heterocycles. The van der Waals surface area contributed by atoms with Crippen molar-refractivity contribution in [3.63, 3.8) is 0 Å². The normalized spacial score (nSPS) is 16.1. The highest BCUT2D eigenvalue weighted by Gasteiger charge is 2.43. The topological polar surface area (TPSA) is 346 Å². The quantitative estimate of drug-likeness (QED) is 0.139. The largest absolute Gasteiger partial charge is 0.863 e. The summed E-state index contributed by atoms with van der Waals surface area (Å²) in [5, 5.41) is 84.2. The molecule has 26 heteroatoms. The van der Waals surface area contributed by atoms with Crippen LogP contribution in [0.15, 0.2) is 84.9 Å². The number of piperazine rings is 2. The van der Waals surface area contributed by atoms with Gasteiger partial charge in [0.25, 0.3) is 45.9 Å². The molecule has 3 aliphatic heterocycles. The van der Waals surface area contributed by atoms with Crippen molar-refractivity contribution in [3.05, 3.63) is 157 Å². The molecule has 65 heavy (non-hydrogen) atoms. The van der Waals surface area contributed by atoms with E-state index in [1.807, 2.05) is 70.5 Å². The zero-order chi connectivity index (χ0) is 47.6. The van der Waals surface area contributed by atoms with Crippen molar-refractivity contribution < 1.29 is 58.3 Å². The van der Waals surface area contributed by atoms with E-state index in [-0.39, 0.29) is 11.8 Å². The molecule has 0 saturated carbocycles. The number of nitro benzene ring substituents is 6. The number of quaternary nitrogens is 2. The highest BCUT2D eigenvalue weighted by molar-refractivity contribution is 5.94. The zero-order valence-electron chi connectivity index (χ0n) is 34.3. The Kier molecular flexibility index (Phi) is 14.9. The van der Waals surface area contributed by atoms with Crippen LogP contribution in [0.4, 0.5) is 34.1 Å². The van der Waals surface area contributed by atoms with Crippen LogP contribution in [0.2, 0.25) is 0 Å². The molecule has 4 aromatic rings. The van der Waals surface area contributed by atoms with Gasteiger partial charge < -0.3 is 29.0 Å². The van der Waals surface area contributed by atoms with Gasteiger partial charge in [0.2, 0.25) is 0 Å². The lowest BCUT2D eigenvalue weighted by Crippen LogP contribution is -2.64. The number of rotatable bonds is 8. The number of nitro groups is 6. The van der Waals surface area contributed by atoms with E-state index in [0.29, 0.717) is 24.3 Å². The number of carbonyl (C=O) groups is 2. The van der Waals surface area contributed by atoms with E-state index in [1.165, 1.54) is 32.6 Å². The summed E-state index contributed by atoms with van der Waals surface area (Å²) in [6.45, 7) is 12.5. The van der Waals surface area contributed by atoms with Gasteiger partial charge in [0.05, 0.1) is 131 Å². The first-order valence-corrected chi connectivity index (χ1v) is 19.7. The summed E-state index contributed by atoms with van der Waals surface area (Å²) in [7, 11) is 0. The Hall–Kier alpha value is -8.26. The summed E-state index contributed by atoms with van der Waals surface area (Å²) >= 11 is 0. The molecule has 0 atom stereocenters. The fourth-order valence-electron chi connectivity index (χ4n) is 7.92. The van der Waals surface area contributed by atoms with E-state index >= 15 is 0 Å². The molecule has 3 fully saturated rings. The predicted molar refractivity (Wildman–Crippen MR) is 220 cm³/mol. The van der Waals surface area contributed by atoms with Gasteiger partial charge in [-0.2, -0.15) is 0 Å². The summed E-state index contributed by atoms with van der Waals surface area (Å²) in [6.07, 6.45) is 1.24. The maximum atomic E-state index is 12.9. The predicted octanol–water partition coefficient (Wildman–Crippen LogP) is 3.31. The lowest BCUT2D eigenvalue weighted by atomic mass is 10.1. The molecule has 342 valence electrons. The first-order valence-electron chi connectivity index (χ1n) is 19.7. The van der Waals surface area contributed by atoms with Crippen molar-refractivity contribution in [3.8, 4) is 11.5 Å². The van der Waals surface area contributed by atoms with Gasteiger partial charge in [-0.1, -0.05) is 36.4 Å². The van der Waals surface area contributed by atoms with Crippen LogP contribution < -0.4 is 10.2 Å². The number of hydrogen-bond acceptors (Lipinski definition) is 16. The number of benzene rings is 4. The Morgan fingerprint density at radius 1 is 0.415 bits per heavy atom. The van der Waals surface area contributed by atoms with Gasteiger partial charge >= 0.3 is 0 Å². The Balaban J connectivity index is 0.000000208. The van der Waals surface area contributed by atoms with Crippen molar-refractivity contribution >= 4 is 45.9 Å². The van der Waals surface area contributed by atoms with Crippen LogP contribution in [0, 0.1) is 60.7 Å². The smallest absolute Gasteiger partial charge is 0.283 e. The highest BCUT2D eigenvalue weighted by Crippen LogP contribution is 2.38. The molecule has 2 amide bonds. The molecule has 7 rings (SSSR count). The SMILES string of the molecule is O=C(c1ccccc1)N1CC[N+]2(CCC[N+]3(CCN(C(=O)c4ccccc4)CC3)CC2)CC1.O=[N+]([O-])c1cc([N+](=O)[O-])c([O-])c([N+](=O)[O-])c1.O=[N+]([O-])c1cc([N+](=O)[O-])c([O-])c([N+](=O)[O-])c1. The van der Waals surface area contributed by atoms with Gasteiger partial charge in [-0.3, -0.25) is 70.3 Å². The molecule has 3 saturated heterocycles. The van der Waals surface area contributed by atoms with Crippen LogP contribution in [0.25, 0.3) is 0 Å². The monoisotopic (exact) mass is 904 g/mol. The minimum absolute atomic E-state index is 0.172. The Labute approximate surface area is 366 Å². The molecule has 0 aliphatic carbocycles. The summed E-state index contributed by atoms with van der Waals surface area (Å²) in [6, 6.07) is 20.9. The van der Waals surface area contributed by atoms with E-state index in [1.54, 1.807) is 0 Å². The summed E-state index contributed by atoms with van der Waals surface area (Å²) in [5.74, 6) is -2.57. The first-order chi connectivity index (χ1) is 30.8. The number of carbonyl (C=O) groups excluding carboxylic acids is 2. The van der Waals surface area contributed by atoms with E-state index in [4.69, 9.17) is 0 Å². The van der Waals surface area contributed by atoms with Gasteiger partial charge in [-0.05, 0) is 24.3 Å². The molecule has 4 aromatic carbocycles. The molecule has 0 N–H and O–H groups in total. The second-order valence-electron chi connectivity index (χ2n) is 15.3. The Morgan fingerprint density at radius 2 is 0.692 bits per heavy atom. The van der Waals surface area contributed by atoms with Crippen molar-refractivity contribution in [2.75, 3.05) is 78.5 Å². The van der Waals surface area contributed by atoms with Crippen molar-refractivity contribution in [1.29, 1.82) is 0 Å². The van der Waals surface area contributed by atoms with Crippen LogP contribution >= 0.6 is 0 Å². The van der Waals surface area contributed by atoms with E-state index in [2.05, 4.69) is 0 Å². The van der Waals surface area contributed by atoms with Crippen LogP contribution in [0.1, 0.15) is 27.1 Å². The molecule has 3 aliphatic rings. The Morgan fingerprint density at radius 3 is 0.938 bits per heavy atom. The van der Waals surface area contributed by atoms with Crippen LogP contribution in [0.5, 0.6) is 11.5 Å². The summed E-state index contributed by atoms with van der Waals surface area (Å²) in [5.41, 5.74) is -4.93. The van der Waals surface area contributed by atoms with Crippen molar-refractivity contribution in [1.82, 2.24) is 9.80 Å². The van der Waals surface area contributed by atoms with E-state index in [9.17, 15) is 80.5 Å². The second kappa shape index (κ2) is 20.3. The molecule has 0 unspecified atom stereocenters. The van der Waals surface area contributed by atoms with Gasteiger partial charge in [-0.15, -0.1) is 0 Å². The van der Waals surface area contributed by atoms with Crippen molar-refractivity contribution in [2.24, 2.45) is 0 Å². The minimum atomic E-state index is -1.46. The van der Waals surface area contributed by atoms with Crippen LogP contribution in [0.3, 0.4) is 0 Å². The van der Waals surface area contributed by atoms with Gasteiger partial charge in [0, 0.05) is 17.5 Å². The maximum Gasteiger partial charge on any atom is 0.283 e. The first kappa shape index (κ1) is 47.8. The van der Waals surface area contributed by atoms with Crippen LogP contribution in [-0.4, -0.2) is 139 Å². The number of nitrogens with zero attached hydrogens (tertiary/aromatic N) is 10. The average Bonchev–Trinajstić information content (AvgIpc) is 3.45. The maximum absolute atomic E-state index is 12.9. The molecular formula is C39H40N10O16. The fourth-order valence-corrected chi connectivity index (χ4v) is 7.92. The van der Waals surface area contributed by atoms with E-state index in [0.717, 1.165) is 72.5 Å². The third-order valence-electron chi connectivity index (χ3n) is 11.6. The number of amides is 2. The number of non-ortho nitro benzene ring substituents is 2. The standard InChI is InChI=1S/C27H36N4O2.2C6H3N3O7/c32-26(24-8-3-1-4-9-24)28-12-18-30(19-13-28)16-7-17-31(23-22-30)20-14-29(15-21-31)27(33)25-10-5-2-6-11-25;2*10-6-4(8(13)14)1-3(7(11)12)2-5(6)9(15)16/h1-6,8-11H,7,12-23H2;2*1-2,10H/q+2;;/p-2. The lowest BCUT2D eigenvalue weighted by molar-refractivity contribution is -0.966. The Bertz CT molecular complexity index is 2250. The highest BCUT2D eigenvalue weighted by atomic mass is 16.7. The second-order valence-corrected chi connectivity index (χ2v) is 15.3. The van der Waals surface area contributed by atoms with Crippen molar-refractivity contribution in [2.45, 2.75) is 6.42 Å². The molecular weight excluding hydrogens is 864 g/mol. The molecule has 2 spiro atoms. The van der Waals surface area contributed by atoms with Crippen LogP contribution in [-0.2, 0) is 0 Å². The number of hydrogen-bond donors (Lipinski definition) is 0. The third-order valence-corrected chi connectivity index (χ3v) is 11.6. The molecule has 26 nitrogen and oxygen atoms in total. The molecule has 0 bridgehead atoms. The third kappa shape index (κ3) is 11.4. The summed E-state index contributed by atoms with van der Waals surface area (Å²) in [4.78, 5) is 84.8.